The fourth-order valence-electron chi connectivity index (χ4n) is 2.68. The molecule has 0 radical (unpaired) electrons. The van der Waals surface area contributed by atoms with E-state index in [-0.39, 0.29) is 24.5 Å². The van der Waals surface area contributed by atoms with Crippen LogP contribution in [0.5, 0.6) is 11.5 Å². The molecule has 1 aromatic rings. The number of piperidine rings is 1. The maximum atomic E-state index is 12.4. The Morgan fingerprint density at radius 2 is 1.92 bits per heavy atom. The van der Waals surface area contributed by atoms with Gasteiger partial charge in [-0.1, -0.05) is 0 Å². The molecule has 2 rings (SSSR count). The number of hydrogen-bond acceptors (Lipinski definition) is 5. The van der Waals surface area contributed by atoms with Gasteiger partial charge in [-0.25, -0.2) is 0 Å². The highest BCUT2D eigenvalue weighted by atomic mass is 16.5. The van der Waals surface area contributed by atoms with E-state index in [0.29, 0.717) is 30.2 Å². The summed E-state index contributed by atoms with van der Waals surface area (Å²) in [6.45, 7) is 2.57. The van der Waals surface area contributed by atoms with E-state index in [1.54, 1.807) is 30.0 Å². The first kappa shape index (κ1) is 18.6. The van der Waals surface area contributed by atoms with Gasteiger partial charge < -0.3 is 25.4 Å². The van der Waals surface area contributed by atoms with Crippen molar-refractivity contribution in [3.63, 3.8) is 0 Å². The average Bonchev–Trinajstić information content (AvgIpc) is 2.60. The van der Waals surface area contributed by atoms with Gasteiger partial charge in [-0.2, -0.15) is 0 Å². The predicted octanol–water partition coefficient (Wildman–Crippen LogP) is 0.300. The van der Waals surface area contributed by atoms with E-state index in [2.05, 4.69) is 5.32 Å². The van der Waals surface area contributed by atoms with Crippen LogP contribution in [0, 0.1) is 0 Å². The number of amides is 3. The Kier molecular flexibility index (Phi) is 6.21. The van der Waals surface area contributed by atoms with Crippen LogP contribution in [0.25, 0.3) is 0 Å². The fraction of sp³-hybridized carbons (Fsp3) is 0.471. The van der Waals surface area contributed by atoms with E-state index in [0.717, 1.165) is 12.8 Å². The average molecular weight is 349 g/mol. The van der Waals surface area contributed by atoms with Gasteiger partial charge >= 0.3 is 0 Å². The summed E-state index contributed by atoms with van der Waals surface area (Å²) in [6, 6.07) is 4.74. The number of benzene rings is 1. The van der Waals surface area contributed by atoms with Crippen molar-refractivity contribution in [1.82, 2.24) is 10.2 Å². The third kappa shape index (κ3) is 5.10. The Hall–Kier alpha value is -2.77. The number of primary amides is 1. The first-order chi connectivity index (χ1) is 11.9. The molecule has 1 aromatic carbocycles. The Balaban J connectivity index is 1.97. The van der Waals surface area contributed by atoms with Crippen LogP contribution in [-0.4, -0.2) is 55.5 Å². The molecule has 1 aliphatic heterocycles. The van der Waals surface area contributed by atoms with E-state index in [4.69, 9.17) is 15.2 Å². The third-order valence-corrected chi connectivity index (χ3v) is 4.07. The fourth-order valence-corrected chi connectivity index (χ4v) is 2.68. The van der Waals surface area contributed by atoms with Gasteiger partial charge in [-0.15, -0.1) is 0 Å². The number of ether oxygens (including phenoxy) is 2. The van der Waals surface area contributed by atoms with Gasteiger partial charge in [0.25, 0.3) is 11.8 Å². The molecule has 0 atom stereocenters. The lowest BCUT2D eigenvalue weighted by Gasteiger charge is -2.31. The molecular formula is C17H23N3O5. The van der Waals surface area contributed by atoms with Gasteiger partial charge in [0.05, 0.1) is 7.11 Å². The number of rotatable bonds is 6. The number of hydrogen-bond donors (Lipinski definition) is 2. The van der Waals surface area contributed by atoms with Crippen LogP contribution >= 0.6 is 0 Å². The van der Waals surface area contributed by atoms with Crippen molar-refractivity contribution in [2.45, 2.75) is 25.8 Å². The zero-order valence-corrected chi connectivity index (χ0v) is 14.4. The molecule has 3 N–H and O–H groups in total. The zero-order valence-electron chi connectivity index (χ0n) is 14.4. The summed E-state index contributed by atoms with van der Waals surface area (Å²) in [5, 5.41) is 2.97. The van der Waals surface area contributed by atoms with Crippen LogP contribution in [-0.2, 0) is 9.59 Å². The summed E-state index contributed by atoms with van der Waals surface area (Å²) in [7, 11) is 1.45. The lowest BCUT2D eigenvalue weighted by atomic mass is 10.0. The molecule has 0 aliphatic carbocycles. The smallest absolute Gasteiger partial charge is 0.255 e. The van der Waals surface area contributed by atoms with Crippen LogP contribution < -0.4 is 20.5 Å². The minimum absolute atomic E-state index is 0.0277. The largest absolute Gasteiger partial charge is 0.493 e. The summed E-state index contributed by atoms with van der Waals surface area (Å²) >= 11 is 0. The lowest BCUT2D eigenvalue weighted by molar-refractivity contribution is -0.129. The molecule has 8 heteroatoms. The van der Waals surface area contributed by atoms with Gasteiger partial charge in [-0.05, 0) is 31.0 Å². The second-order valence-corrected chi connectivity index (χ2v) is 5.87. The first-order valence-corrected chi connectivity index (χ1v) is 8.06. The molecule has 3 amide bonds. The maximum absolute atomic E-state index is 12.4. The summed E-state index contributed by atoms with van der Waals surface area (Å²) in [5.74, 6) is -0.0734. The molecule has 136 valence electrons. The molecule has 0 bridgehead atoms. The molecule has 1 saturated heterocycles. The van der Waals surface area contributed by atoms with E-state index in [1.807, 2.05) is 0 Å². The Morgan fingerprint density at radius 1 is 1.24 bits per heavy atom. The van der Waals surface area contributed by atoms with Crippen LogP contribution in [0.1, 0.15) is 30.1 Å². The highest BCUT2D eigenvalue weighted by molar-refractivity contribution is 5.95. The molecule has 0 spiro atoms. The Morgan fingerprint density at radius 3 is 2.48 bits per heavy atom. The number of nitrogens with zero attached hydrogens (tertiary/aromatic N) is 1. The maximum Gasteiger partial charge on any atom is 0.255 e. The number of carbonyl (C=O) groups excluding carboxylic acids is 3. The van der Waals surface area contributed by atoms with Crippen molar-refractivity contribution in [2.75, 3.05) is 26.8 Å². The highest BCUT2D eigenvalue weighted by Gasteiger charge is 2.22. The highest BCUT2D eigenvalue weighted by Crippen LogP contribution is 2.28. The monoisotopic (exact) mass is 349 g/mol. The Labute approximate surface area is 146 Å². The third-order valence-electron chi connectivity index (χ3n) is 4.07. The number of nitrogens with one attached hydrogen (secondary N) is 1. The number of likely N-dealkylation sites (tertiary alicyclic amines) is 1. The molecule has 1 aliphatic rings. The minimum Gasteiger partial charge on any atom is -0.493 e. The summed E-state index contributed by atoms with van der Waals surface area (Å²) < 4.78 is 10.4. The number of carbonyl (C=O) groups is 3. The van der Waals surface area contributed by atoms with Crippen LogP contribution in [0.15, 0.2) is 18.2 Å². The topological polar surface area (TPSA) is 111 Å². The van der Waals surface area contributed by atoms with E-state index >= 15 is 0 Å². The van der Waals surface area contributed by atoms with Crippen LogP contribution in [0.3, 0.4) is 0 Å². The molecule has 0 aromatic heterocycles. The second kappa shape index (κ2) is 8.36. The number of nitrogens with two attached hydrogens (primary N) is 1. The second-order valence-electron chi connectivity index (χ2n) is 5.87. The molecule has 0 saturated carbocycles. The minimum atomic E-state index is -0.597. The van der Waals surface area contributed by atoms with Crippen molar-refractivity contribution < 1.29 is 23.9 Å². The normalized spacial score (nSPS) is 14.7. The van der Waals surface area contributed by atoms with Crippen molar-refractivity contribution in [3.05, 3.63) is 23.8 Å². The zero-order chi connectivity index (χ0) is 18.4. The van der Waals surface area contributed by atoms with Crippen molar-refractivity contribution in [2.24, 2.45) is 5.73 Å². The molecule has 25 heavy (non-hydrogen) atoms. The number of methoxy groups -OCH3 is 1. The molecule has 8 nitrogen and oxygen atoms in total. The standard InChI is InChI=1S/C17H23N3O5/c1-11(21)20-7-5-13(6-8-20)19-17(23)12-3-4-14(15(9-12)24-2)25-10-16(18)22/h3-4,9,13H,5-8,10H2,1-2H3,(H2,18,22)(H,19,23). The summed E-state index contributed by atoms with van der Waals surface area (Å²) in [4.78, 5) is 36.3. The summed E-state index contributed by atoms with van der Waals surface area (Å²) in [5.41, 5.74) is 5.48. The van der Waals surface area contributed by atoms with Gasteiger partial charge in [0.2, 0.25) is 5.91 Å². The predicted molar refractivity (Wildman–Crippen MR) is 90.4 cm³/mol. The molecular weight excluding hydrogens is 326 g/mol. The molecule has 1 heterocycles. The van der Waals surface area contributed by atoms with Gasteiger partial charge in [0.15, 0.2) is 18.1 Å². The molecule has 0 unspecified atom stereocenters. The molecule has 1 fully saturated rings. The van der Waals surface area contributed by atoms with Gasteiger partial charge in [0.1, 0.15) is 0 Å². The van der Waals surface area contributed by atoms with Crippen LogP contribution in [0.4, 0.5) is 0 Å². The van der Waals surface area contributed by atoms with E-state index in [9.17, 15) is 14.4 Å². The quantitative estimate of drug-likeness (QED) is 0.767. The van der Waals surface area contributed by atoms with Crippen molar-refractivity contribution in [3.8, 4) is 11.5 Å². The van der Waals surface area contributed by atoms with Crippen molar-refractivity contribution in [1.29, 1.82) is 0 Å². The SMILES string of the molecule is COc1cc(C(=O)NC2CCN(C(C)=O)CC2)ccc1OCC(N)=O. The van der Waals surface area contributed by atoms with Crippen LogP contribution in [0.2, 0.25) is 0 Å². The van der Waals surface area contributed by atoms with E-state index < -0.39 is 5.91 Å². The first-order valence-electron chi connectivity index (χ1n) is 8.06. The van der Waals surface area contributed by atoms with E-state index in [1.165, 1.54) is 7.11 Å². The van der Waals surface area contributed by atoms with Gasteiger partial charge in [0, 0.05) is 31.6 Å². The summed E-state index contributed by atoms with van der Waals surface area (Å²) in [6.07, 6.45) is 1.45. The van der Waals surface area contributed by atoms with Crippen molar-refractivity contribution >= 4 is 17.7 Å². The van der Waals surface area contributed by atoms with Gasteiger partial charge in [-0.3, -0.25) is 14.4 Å². The Bertz CT molecular complexity index is 654. The lowest BCUT2D eigenvalue weighted by Crippen LogP contribution is -2.46.